The lowest BCUT2D eigenvalue weighted by molar-refractivity contribution is 0.195. The summed E-state index contributed by atoms with van der Waals surface area (Å²) in [4.78, 5) is 3.50. The van der Waals surface area contributed by atoms with Crippen molar-refractivity contribution >= 4 is 21.8 Å². The molecule has 0 spiro atoms. The van der Waals surface area contributed by atoms with E-state index in [9.17, 15) is 5.11 Å². The first-order chi connectivity index (χ1) is 10.1. The lowest BCUT2D eigenvalue weighted by Crippen LogP contribution is -2.07. The second kappa shape index (κ2) is 5.41. The predicted octanol–water partition coefficient (Wildman–Crippen LogP) is 3.95. The average molecular weight is 283 g/mol. The number of nitrogens with one attached hydrogen (secondary N) is 1. The highest BCUT2D eigenvalue weighted by Gasteiger charge is 2.16. The van der Waals surface area contributed by atoms with E-state index in [1.165, 1.54) is 5.39 Å². The van der Waals surface area contributed by atoms with Crippen molar-refractivity contribution in [3.63, 3.8) is 0 Å². The summed E-state index contributed by atoms with van der Waals surface area (Å²) in [5.41, 5.74) is 4.48. The molecule has 1 atom stereocenters. The summed E-state index contributed by atoms with van der Waals surface area (Å²) in [6, 6.07) is 10.4. The lowest BCUT2D eigenvalue weighted by atomic mass is 9.98. The van der Waals surface area contributed by atoms with Gasteiger partial charge in [0.1, 0.15) is 5.75 Å². The van der Waals surface area contributed by atoms with Crippen LogP contribution < -0.4 is 4.74 Å². The predicted molar refractivity (Wildman–Crippen MR) is 87.1 cm³/mol. The fourth-order valence-corrected chi connectivity index (χ4v) is 2.98. The standard InChI is InChI=1S/C18H21NO2/c1-4-21-17-10-15-13-7-5-6-8-16(13)19-18(15)14(12(17)3)9-11(2)20/h5-8,10-11,19-20H,4,9H2,1-3H3. The van der Waals surface area contributed by atoms with Crippen LogP contribution in [-0.4, -0.2) is 22.8 Å². The number of aliphatic hydroxyl groups excluding tert-OH is 1. The van der Waals surface area contributed by atoms with Crippen molar-refractivity contribution in [2.75, 3.05) is 6.61 Å². The molecule has 21 heavy (non-hydrogen) atoms. The summed E-state index contributed by atoms with van der Waals surface area (Å²) in [6.45, 7) is 6.52. The monoisotopic (exact) mass is 283 g/mol. The van der Waals surface area contributed by atoms with Gasteiger partial charge in [-0.05, 0) is 44.0 Å². The van der Waals surface area contributed by atoms with E-state index >= 15 is 0 Å². The van der Waals surface area contributed by atoms with E-state index in [2.05, 4.69) is 30.1 Å². The molecule has 0 amide bonds. The molecule has 0 bridgehead atoms. The number of ether oxygens (including phenoxy) is 1. The number of aromatic amines is 1. The third kappa shape index (κ3) is 2.38. The Labute approximate surface area is 124 Å². The summed E-state index contributed by atoms with van der Waals surface area (Å²) >= 11 is 0. The third-order valence-electron chi connectivity index (χ3n) is 3.95. The molecule has 0 aliphatic rings. The van der Waals surface area contributed by atoms with E-state index in [1.807, 2.05) is 26.0 Å². The van der Waals surface area contributed by atoms with E-state index in [0.29, 0.717) is 13.0 Å². The van der Waals surface area contributed by atoms with Crippen LogP contribution >= 0.6 is 0 Å². The van der Waals surface area contributed by atoms with Gasteiger partial charge in [-0.3, -0.25) is 0 Å². The smallest absolute Gasteiger partial charge is 0.123 e. The van der Waals surface area contributed by atoms with Crippen LogP contribution in [0.1, 0.15) is 25.0 Å². The summed E-state index contributed by atoms with van der Waals surface area (Å²) in [7, 11) is 0. The van der Waals surface area contributed by atoms with Crippen LogP contribution in [0, 0.1) is 6.92 Å². The number of fused-ring (bicyclic) bond motifs is 3. The van der Waals surface area contributed by atoms with E-state index in [-0.39, 0.29) is 6.10 Å². The minimum absolute atomic E-state index is 0.379. The third-order valence-corrected chi connectivity index (χ3v) is 3.95. The number of hydrogen-bond donors (Lipinski definition) is 2. The van der Waals surface area contributed by atoms with Gasteiger partial charge in [-0.15, -0.1) is 0 Å². The summed E-state index contributed by atoms with van der Waals surface area (Å²) < 4.78 is 5.79. The Morgan fingerprint density at radius 3 is 2.71 bits per heavy atom. The van der Waals surface area contributed by atoms with Gasteiger partial charge in [0.05, 0.1) is 18.2 Å². The molecule has 0 fully saturated rings. The van der Waals surface area contributed by atoms with Gasteiger partial charge < -0.3 is 14.8 Å². The first kappa shape index (κ1) is 14.0. The van der Waals surface area contributed by atoms with Gasteiger partial charge in [0.25, 0.3) is 0 Å². The molecule has 1 aromatic heterocycles. The van der Waals surface area contributed by atoms with Crippen LogP contribution in [0.25, 0.3) is 21.8 Å². The van der Waals surface area contributed by atoms with E-state index in [4.69, 9.17) is 4.74 Å². The molecule has 1 heterocycles. The molecule has 3 nitrogen and oxygen atoms in total. The number of benzene rings is 2. The van der Waals surface area contributed by atoms with Gasteiger partial charge in [-0.1, -0.05) is 18.2 Å². The number of para-hydroxylation sites is 1. The highest BCUT2D eigenvalue weighted by atomic mass is 16.5. The summed E-state index contributed by atoms with van der Waals surface area (Å²) in [5, 5.41) is 12.2. The Morgan fingerprint density at radius 2 is 2.00 bits per heavy atom. The number of aromatic nitrogens is 1. The number of hydrogen-bond acceptors (Lipinski definition) is 2. The highest BCUT2D eigenvalue weighted by molar-refractivity contribution is 6.09. The summed E-state index contributed by atoms with van der Waals surface area (Å²) in [6.07, 6.45) is 0.242. The molecule has 0 radical (unpaired) electrons. The normalized spacial score (nSPS) is 13.0. The van der Waals surface area contributed by atoms with E-state index < -0.39 is 0 Å². The Hall–Kier alpha value is -2.00. The lowest BCUT2D eigenvalue weighted by Gasteiger charge is -2.14. The number of aliphatic hydroxyl groups is 1. The van der Waals surface area contributed by atoms with E-state index in [1.54, 1.807) is 0 Å². The molecule has 0 aliphatic heterocycles. The van der Waals surface area contributed by atoms with E-state index in [0.717, 1.165) is 33.3 Å². The molecule has 3 rings (SSSR count). The molecule has 2 aromatic carbocycles. The van der Waals surface area contributed by atoms with Gasteiger partial charge in [0.15, 0.2) is 0 Å². The van der Waals surface area contributed by atoms with Gasteiger partial charge >= 0.3 is 0 Å². The topological polar surface area (TPSA) is 45.2 Å². The largest absolute Gasteiger partial charge is 0.494 e. The van der Waals surface area contributed by atoms with Crippen LogP contribution in [-0.2, 0) is 6.42 Å². The fourth-order valence-electron chi connectivity index (χ4n) is 2.98. The molecule has 0 saturated carbocycles. The molecule has 0 aliphatic carbocycles. The Bertz CT molecular complexity index is 787. The SMILES string of the molecule is CCOc1cc2c([nH]c3ccccc32)c(CC(C)O)c1C. The zero-order valence-electron chi connectivity index (χ0n) is 12.7. The van der Waals surface area contributed by atoms with Crippen molar-refractivity contribution < 1.29 is 9.84 Å². The van der Waals surface area contributed by atoms with Crippen molar-refractivity contribution in [1.29, 1.82) is 0 Å². The van der Waals surface area contributed by atoms with Crippen LogP contribution in [0.15, 0.2) is 30.3 Å². The first-order valence-electron chi connectivity index (χ1n) is 7.45. The van der Waals surface area contributed by atoms with Crippen LogP contribution in [0.5, 0.6) is 5.75 Å². The van der Waals surface area contributed by atoms with Gasteiger partial charge in [0.2, 0.25) is 0 Å². The van der Waals surface area contributed by atoms with Crippen LogP contribution in [0.2, 0.25) is 0 Å². The molecule has 2 N–H and O–H groups in total. The maximum absolute atomic E-state index is 9.83. The number of H-pyrrole nitrogens is 1. The Morgan fingerprint density at radius 1 is 1.24 bits per heavy atom. The first-order valence-corrected chi connectivity index (χ1v) is 7.45. The van der Waals surface area contributed by atoms with Crippen LogP contribution in [0.3, 0.4) is 0 Å². The number of rotatable bonds is 4. The second-order valence-corrected chi connectivity index (χ2v) is 5.56. The van der Waals surface area contributed by atoms with Gasteiger partial charge in [-0.2, -0.15) is 0 Å². The van der Waals surface area contributed by atoms with Crippen molar-refractivity contribution in [2.45, 2.75) is 33.3 Å². The maximum Gasteiger partial charge on any atom is 0.123 e. The fraction of sp³-hybridized carbons (Fsp3) is 0.333. The van der Waals surface area contributed by atoms with Crippen molar-refractivity contribution in [3.8, 4) is 5.75 Å². The molecule has 1 unspecified atom stereocenters. The molecular formula is C18H21NO2. The minimum atomic E-state index is -0.379. The molecular weight excluding hydrogens is 262 g/mol. The molecule has 110 valence electrons. The average Bonchev–Trinajstić information content (AvgIpc) is 2.82. The quantitative estimate of drug-likeness (QED) is 0.761. The Kier molecular flexibility index (Phi) is 3.60. The van der Waals surface area contributed by atoms with Gasteiger partial charge in [0, 0.05) is 22.7 Å². The maximum atomic E-state index is 9.83. The second-order valence-electron chi connectivity index (χ2n) is 5.56. The zero-order valence-corrected chi connectivity index (χ0v) is 12.7. The molecule has 3 aromatic rings. The molecule has 3 heteroatoms. The van der Waals surface area contributed by atoms with Crippen molar-refractivity contribution in [1.82, 2.24) is 4.98 Å². The van der Waals surface area contributed by atoms with Crippen molar-refractivity contribution in [3.05, 3.63) is 41.5 Å². The zero-order chi connectivity index (χ0) is 15.0. The minimum Gasteiger partial charge on any atom is -0.494 e. The van der Waals surface area contributed by atoms with Gasteiger partial charge in [-0.25, -0.2) is 0 Å². The molecule has 0 saturated heterocycles. The van der Waals surface area contributed by atoms with Crippen molar-refractivity contribution in [2.24, 2.45) is 0 Å². The highest BCUT2D eigenvalue weighted by Crippen LogP contribution is 2.35. The summed E-state index contributed by atoms with van der Waals surface area (Å²) in [5.74, 6) is 0.908. The van der Waals surface area contributed by atoms with Crippen LogP contribution in [0.4, 0.5) is 0 Å². The Balaban J connectivity index is 2.36.